The van der Waals surface area contributed by atoms with E-state index in [0.717, 1.165) is 5.92 Å². The van der Waals surface area contributed by atoms with Crippen LogP contribution in [0.1, 0.15) is 90.9 Å². The first-order valence-electron chi connectivity index (χ1n) is 9.80. The summed E-state index contributed by atoms with van der Waals surface area (Å²) in [7, 11) is 0. The van der Waals surface area contributed by atoms with Crippen molar-refractivity contribution < 1.29 is 4.57 Å². The van der Waals surface area contributed by atoms with Crippen molar-refractivity contribution in [1.29, 1.82) is 0 Å². The van der Waals surface area contributed by atoms with E-state index < -0.39 is 0 Å². The van der Waals surface area contributed by atoms with Crippen molar-refractivity contribution in [3.63, 3.8) is 0 Å². The molecule has 0 aliphatic heterocycles. The van der Waals surface area contributed by atoms with Gasteiger partial charge >= 0.3 is 0 Å². The molecular formula is C21H38N+. The molecule has 0 bridgehead atoms. The average molecular weight is 305 g/mol. The molecule has 0 fully saturated rings. The van der Waals surface area contributed by atoms with Crippen LogP contribution in [0.5, 0.6) is 0 Å². The minimum atomic E-state index is 0.949. The quantitative estimate of drug-likeness (QED) is 0.280. The molecule has 1 heterocycles. The zero-order valence-electron chi connectivity index (χ0n) is 15.1. The van der Waals surface area contributed by atoms with Crippen molar-refractivity contribution in [2.75, 3.05) is 0 Å². The Labute approximate surface area is 139 Å². The SMILES string of the molecule is CCCCCCCCCCC(CC)CCC[n+]1ccccc1. The van der Waals surface area contributed by atoms with Crippen LogP contribution in [0.4, 0.5) is 0 Å². The summed E-state index contributed by atoms with van der Waals surface area (Å²) in [5.74, 6) is 0.949. The van der Waals surface area contributed by atoms with E-state index in [2.05, 4.69) is 49.0 Å². The molecule has 0 spiro atoms. The lowest BCUT2D eigenvalue weighted by Crippen LogP contribution is -2.32. The van der Waals surface area contributed by atoms with Gasteiger partial charge in [0.25, 0.3) is 0 Å². The highest BCUT2D eigenvalue weighted by Crippen LogP contribution is 2.20. The average Bonchev–Trinajstić information content (AvgIpc) is 2.56. The Morgan fingerprint density at radius 2 is 1.27 bits per heavy atom. The van der Waals surface area contributed by atoms with Gasteiger partial charge in [0.05, 0.1) is 0 Å². The molecule has 0 radical (unpaired) electrons. The second-order valence-corrected chi connectivity index (χ2v) is 6.79. The monoisotopic (exact) mass is 304 g/mol. The topological polar surface area (TPSA) is 3.88 Å². The fraction of sp³-hybridized carbons (Fsp3) is 0.762. The molecule has 0 aliphatic rings. The normalized spacial score (nSPS) is 12.5. The number of aryl methyl sites for hydroxylation is 1. The predicted molar refractivity (Wildman–Crippen MR) is 96.9 cm³/mol. The number of hydrogen-bond acceptors (Lipinski definition) is 0. The lowest BCUT2D eigenvalue weighted by atomic mass is 9.93. The molecule has 1 rings (SSSR count). The maximum atomic E-state index is 2.37. The summed E-state index contributed by atoms with van der Waals surface area (Å²) in [6.07, 6.45) is 21.4. The number of rotatable bonds is 14. The number of hydrogen-bond donors (Lipinski definition) is 0. The summed E-state index contributed by atoms with van der Waals surface area (Å²) < 4.78 is 2.31. The zero-order chi connectivity index (χ0) is 15.9. The van der Waals surface area contributed by atoms with Gasteiger partial charge in [-0.2, -0.15) is 0 Å². The third kappa shape index (κ3) is 9.97. The summed E-state index contributed by atoms with van der Waals surface area (Å²) >= 11 is 0. The Hall–Kier alpha value is -0.850. The maximum Gasteiger partial charge on any atom is 0.168 e. The van der Waals surface area contributed by atoms with Crippen LogP contribution in [-0.4, -0.2) is 0 Å². The van der Waals surface area contributed by atoms with Crippen molar-refractivity contribution in [2.45, 2.75) is 97.4 Å². The fourth-order valence-electron chi connectivity index (χ4n) is 3.27. The van der Waals surface area contributed by atoms with E-state index in [9.17, 15) is 0 Å². The lowest BCUT2D eigenvalue weighted by molar-refractivity contribution is -0.697. The Morgan fingerprint density at radius 1 is 0.682 bits per heavy atom. The third-order valence-electron chi connectivity index (χ3n) is 4.85. The van der Waals surface area contributed by atoms with Gasteiger partial charge in [0.1, 0.15) is 6.54 Å². The van der Waals surface area contributed by atoms with Gasteiger partial charge in [0.15, 0.2) is 12.4 Å². The molecule has 126 valence electrons. The molecular weight excluding hydrogens is 266 g/mol. The van der Waals surface area contributed by atoms with Crippen LogP contribution in [0.15, 0.2) is 30.6 Å². The number of unbranched alkanes of at least 4 members (excludes halogenated alkanes) is 7. The fourth-order valence-corrected chi connectivity index (χ4v) is 3.27. The highest BCUT2D eigenvalue weighted by atomic mass is 14.9. The second-order valence-electron chi connectivity index (χ2n) is 6.79. The van der Waals surface area contributed by atoms with Crippen molar-refractivity contribution >= 4 is 0 Å². The summed E-state index contributed by atoms with van der Waals surface area (Å²) in [5, 5.41) is 0. The second kappa shape index (κ2) is 13.8. The minimum Gasteiger partial charge on any atom is -0.205 e. The molecule has 0 aliphatic carbocycles. The Balaban J connectivity index is 1.98. The largest absolute Gasteiger partial charge is 0.205 e. The van der Waals surface area contributed by atoms with E-state index in [1.54, 1.807) is 0 Å². The Bertz CT molecular complexity index is 333. The van der Waals surface area contributed by atoms with Gasteiger partial charge in [-0.25, -0.2) is 4.57 Å². The molecule has 22 heavy (non-hydrogen) atoms. The molecule has 1 aromatic rings. The van der Waals surface area contributed by atoms with Crippen LogP contribution in [0.3, 0.4) is 0 Å². The first-order chi connectivity index (χ1) is 10.9. The molecule has 0 saturated heterocycles. The molecule has 0 N–H and O–H groups in total. The smallest absolute Gasteiger partial charge is 0.168 e. The summed E-state index contributed by atoms with van der Waals surface area (Å²) in [4.78, 5) is 0. The van der Waals surface area contributed by atoms with Crippen molar-refractivity contribution in [3.05, 3.63) is 30.6 Å². The molecule has 0 aromatic carbocycles. The van der Waals surface area contributed by atoms with E-state index in [1.165, 1.54) is 83.6 Å². The number of pyridine rings is 1. The standard InChI is InChI=1S/C21H38N/c1-3-5-6-7-8-9-10-12-16-21(4-2)17-15-20-22-18-13-11-14-19-22/h11,13-14,18-19,21H,3-10,12,15-17,20H2,1-2H3/q+1. The van der Waals surface area contributed by atoms with Gasteiger partial charge in [-0.15, -0.1) is 0 Å². The first-order valence-corrected chi connectivity index (χ1v) is 9.80. The van der Waals surface area contributed by atoms with Crippen molar-refractivity contribution in [2.24, 2.45) is 5.92 Å². The number of aromatic nitrogens is 1. The molecule has 0 saturated carbocycles. The van der Waals surface area contributed by atoms with E-state index in [-0.39, 0.29) is 0 Å². The summed E-state index contributed by atoms with van der Waals surface area (Å²) in [6, 6.07) is 6.34. The first kappa shape index (κ1) is 19.2. The molecule has 1 nitrogen and oxygen atoms in total. The van der Waals surface area contributed by atoms with Gasteiger partial charge in [-0.3, -0.25) is 0 Å². The molecule has 1 heteroatoms. The van der Waals surface area contributed by atoms with Crippen LogP contribution in [0, 0.1) is 5.92 Å². The minimum absolute atomic E-state index is 0.949. The van der Waals surface area contributed by atoms with Crippen molar-refractivity contribution in [1.82, 2.24) is 0 Å². The Morgan fingerprint density at radius 3 is 1.91 bits per heavy atom. The summed E-state index contributed by atoms with van der Waals surface area (Å²) in [5.41, 5.74) is 0. The van der Waals surface area contributed by atoms with Crippen LogP contribution in [0.25, 0.3) is 0 Å². The van der Waals surface area contributed by atoms with E-state index in [4.69, 9.17) is 0 Å². The van der Waals surface area contributed by atoms with Gasteiger partial charge in [-0.1, -0.05) is 84.1 Å². The van der Waals surface area contributed by atoms with Crippen LogP contribution in [0.2, 0.25) is 0 Å². The molecule has 1 aromatic heterocycles. The van der Waals surface area contributed by atoms with E-state index in [1.807, 2.05) is 0 Å². The predicted octanol–water partition coefficient (Wildman–Crippen LogP) is 6.31. The summed E-state index contributed by atoms with van der Waals surface area (Å²) in [6.45, 7) is 5.83. The highest BCUT2D eigenvalue weighted by molar-refractivity contribution is 4.83. The van der Waals surface area contributed by atoms with Gasteiger partial charge in [0, 0.05) is 18.6 Å². The molecule has 0 amide bonds. The third-order valence-corrected chi connectivity index (χ3v) is 4.85. The van der Waals surface area contributed by atoms with E-state index in [0.29, 0.717) is 0 Å². The van der Waals surface area contributed by atoms with Gasteiger partial charge < -0.3 is 0 Å². The maximum absolute atomic E-state index is 2.37. The van der Waals surface area contributed by atoms with Gasteiger partial charge in [-0.05, 0) is 12.3 Å². The van der Waals surface area contributed by atoms with Gasteiger partial charge in [0.2, 0.25) is 0 Å². The van der Waals surface area contributed by atoms with Crippen LogP contribution >= 0.6 is 0 Å². The van der Waals surface area contributed by atoms with E-state index >= 15 is 0 Å². The Kier molecular flexibility index (Phi) is 12.0. The zero-order valence-corrected chi connectivity index (χ0v) is 15.1. The molecule has 1 atom stereocenters. The van der Waals surface area contributed by atoms with Crippen LogP contribution < -0.4 is 4.57 Å². The lowest BCUT2D eigenvalue weighted by Gasteiger charge is -2.13. The van der Waals surface area contributed by atoms with Crippen molar-refractivity contribution in [3.8, 4) is 0 Å². The molecule has 1 unspecified atom stereocenters. The van der Waals surface area contributed by atoms with Crippen LogP contribution in [-0.2, 0) is 6.54 Å². The highest BCUT2D eigenvalue weighted by Gasteiger charge is 2.07. The number of nitrogens with zero attached hydrogens (tertiary/aromatic N) is 1.